The molecule has 3 heterocycles. The number of piperidine rings is 2. The van der Waals surface area contributed by atoms with Crippen LogP contribution in [0.2, 0.25) is 0 Å². The van der Waals surface area contributed by atoms with Gasteiger partial charge < -0.3 is 19.1 Å². The summed E-state index contributed by atoms with van der Waals surface area (Å²) in [6.45, 7) is 6.04. The summed E-state index contributed by atoms with van der Waals surface area (Å²) in [5.41, 5.74) is 0.695. The summed E-state index contributed by atoms with van der Waals surface area (Å²) >= 11 is 0. The molecule has 2 aliphatic rings. The predicted octanol–water partition coefficient (Wildman–Crippen LogP) is 5.88. The van der Waals surface area contributed by atoms with Crippen LogP contribution >= 0.6 is 0 Å². The molecule has 3 aromatic rings. The molecule has 42 heavy (non-hydrogen) atoms. The highest BCUT2D eigenvalue weighted by molar-refractivity contribution is 5.98. The second-order valence-electron chi connectivity index (χ2n) is 11.7. The first-order valence-corrected chi connectivity index (χ1v) is 14.4. The Balaban J connectivity index is 1.01. The first-order chi connectivity index (χ1) is 20.2. The van der Waals surface area contributed by atoms with Gasteiger partial charge in [0, 0.05) is 44.7 Å². The van der Waals surface area contributed by atoms with Gasteiger partial charge in [0.15, 0.2) is 0 Å². The van der Waals surface area contributed by atoms with Gasteiger partial charge in [-0.05, 0) is 78.6 Å². The van der Waals surface area contributed by atoms with E-state index in [1.807, 2.05) is 62.4 Å². The zero-order valence-electron chi connectivity index (χ0n) is 24.2. The van der Waals surface area contributed by atoms with Crippen LogP contribution in [-0.2, 0) is 16.0 Å². The zero-order valence-corrected chi connectivity index (χ0v) is 24.2. The summed E-state index contributed by atoms with van der Waals surface area (Å²) in [6.07, 6.45) is 4.32. The average Bonchev–Trinajstić information content (AvgIpc) is 2.97. The number of hydrogen-bond donors (Lipinski definition) is 0. The van der Waals surface area contributed by atoms with Crippen LogP contribution < -0.4 is 14.2 Å². The van der Waals surface area contributed by atoms with E-state index in [9.17, 15) is 14.4 Å². The Hall–Kier alpha value is -4.40. The number of ether oxygens (including phenoxy) is 3. The van der Waals surface area contributed by atoms with Crippen molar-refractivity contribution in [2.45, 2.75) is 46.0 Å². The predicted molar refractivity (Wildman–Crippen MR) is 156 cm³/mol. The quantitative estimate of drug-likeness (QED) is 0.296. The van der Waals surface area contributed by atoms with Crippen molar-refractivity contribution in [2.75, 3.05) is 26.2 Å². The lowest BCUT2D eigenvalue weighted by Gasteiger charge is -2.34. The lowest BCUT2D eigenvalue weighted by atomic mass is 9.81. The minimum Gasteiger partial charge on any atom is -0.493 e. The van der Waals surface area contributed by atoms with Crippen molar-refractivity contribution in [3.63, 3.8) is 0 Å². The third kappa shape index (κ3) is 7.87. The molecule has 2 aromatic carbocycles. The second-order valence-corrected chi connectivity index (χ2v) is 11.7. The smallest absolute Gasteiger partial charge is 0.415 e. The van der Waals surface area contributed by atoms with E-state index < -0.39 is 0 Å². The molecule has 0 N–H and O–H groups in total. The summed E-state index contributed by atoms with van der Waals surface area (Å²) in [5, 5.41) is 0. The monoisotopic (exact) mass is 571 g/mol. The number of aromatic nitrogens is 1. The van der Waals surface area contributed by atoms with Crippen LogP contribution in [0.4, 0.5) is 4.79 Å². The Morgan fingerprint density at radius 2 is 1.52 bits per heavy atom. The molecule has 2 aliphatic heterocycles. The van der Waals surface area contributed by atoms with E-state index >= 15 is 0 Å². The van der Waals surface area contributed by atoms with E-state index in [0.29, 0.717) is 68.8 Å². The van der Waals surface area contributed by atoms with E-state index in [-0.39, 0.29) is 23.3 Å². The van der Waals surface area contributed by atoms with Crippen LogP contribution in [0, 0.1) is 11.3 Å². The minimum atomic E-state index is -0.363. The van der Waals surface area contributed by atoms with Gasteiger partial charge in [0.25, 0.3) is 0 Å². The fourth-order valence-corrected chi connectivity index (χ4v) is 5.22. The summed E-state index contributed by atoms with van der Waals surface area (Å²) in [7, 11) is 0. The first kappa shape index (κ1) is 29.1. The van der Waals surface area contributed by atoms with Gasteiger partial charge in [0.05, 0.1) is 6.61 Å². The molecule has 1 aromatic heterocycles. The first-order valence-electron chi connectivity index (χ1n) is 14.4. The Morgan fingerprint density at radius 1 is 0.881 bits per heavy atom. The molecule has 9 heteroatoms. The normalized spacial score (nSPS) is 17.2. The molecular formula is C33H37N3O6. The van der Waals surface area contributed by atoms with Gasteiger partial charge in [-0.15, -0.1) is 0 Å². The fraction of sp³-hybridized carbons (Fsp3) is 0.394. The maximum Gasteiger partial charge on any atom is 0.415 e. The summed E-state index contributed by atoms with van der Waals surface area (Å²) < 4.78 is 17.3. The average molecular weight is 572 g/mol. The molecule has 2 fully saturated rings. The van der Waals surface area contributed by atoms with Gasteiger partial charge in [-0.3, -0.25) is 14.5 Å². The van der Waals surface area contributed by atoms with E-state index in [2.05, 4.69) is 4.98 Å². The molecule has 0 unspecified atom stereocenters. The number of benzene rings is 2. The van der Waals surface area contributed by atoms with Gasteiger partial charge in [-0.1, -0.05) is 32.0 Å². The van der Waals surface area contributed by atoms with Crippen molar-refractivity contribution < 1.29 is 28.6 Å². The number of pyridine rings is 1. The van der Waals surface area contributed by atoms with Crippen LogP contribution in [0.1, 0.15) is 45.1 Å². The SMILES string of the molecule is CC1(C)CC(=O)N(CCc2ccc(OC(=O)N3CCC(COc4ccc(Oc5ccccn5)cc4)CC3)cc2)C(=O)C1. The molecule has 0 atom stereocenters. The van der Waals surface area contributed by atoms with Crippen molar-refractivity contribution in [1.29, 1.82) is 0 Å². The number of likely N-dealkylation sites (tertiary alicyclic amines) is 2. The molecule has 0 saturated carbocycles. The van der Waals surface area contributed by atoms with Gasteiger partial charge in [-0.25, -0.2) is 9.78 Å². The van der Waals surface area contributed by atoms with E-state index in [1.54, 1.807) is 29.3 Å². The summed E-state index contributed by atoms with van der Waals surface area (Å²) in [5.74, 6) is 2.60. The Bertz CT molecular complexity index is 1350. The largest absolute Gasteiger partial charge is 0.493 e. The molecule has 5 rings (SSSR count). The molecule has 2 saturated heterocycles. The number of carbonyl (C=O) groups is 3. The molecular weight excluding hydrogens is 534 g/mol. The van der Waals surface area contributed by atoms with Crippen LogP contribution in [0.25, 0.3) is 0 Å². The fourth-order valence-electron chi connectivity index (χ4n) is 5.22. The van der Waals surface area contributed by atoms with Gasteiger partial charge >= 0.3 is 6.09 Å². The van der Waals surface area contributed by atoms with Crippen molar-refractivity contribution in [3.05, 3.63) is 78.5 Å². The van der Waals surface area contributed by atoms with Crippen molar-refractivity contribution in [1.82, 2.24) is 14.8 Å². The molecule has 0 bridgehead atoms. The van der Waals surface area contributed by atoms with Crippen LogP contribution in [-0.4, -0.2) is 58.9 Å². The van der Waals surface area contributed by atoms with Crippen molar-refractivity contribution >= 4 is 17.9 Å². The van der Waals surface area contributed by atoms with Crippen LogP contribution in [0.3, 0.4) is 0 Å². The number of rotatable bonds is 9. The number of hydrogen-bond acceptors (Lipinski definition) is 7. The van der Waals surface area contributed by atoms with Crippen molar-refractivity contribution in [3.8, 4) is 23.1 Å². The molecule has 3 amide bonds. The molecule has 0 spiro atoms. The standard InChI is InChI=1S/C33H37N3O6/c1-33(2)21-30(37)36(31(38)22-33)20-16-24-6-8-28(9-7-24)42-32(39)35-18-14-25(15-19-35)23-40-26-10-12-27(13-11-26)41-29-5-3-4-17-34-29/h3-13,17,25H,14-16,18-23H2,1-2H3. The zero-order chi connectivity index (χ0) is 29.5. The third-order valence-corrected chi connectivity index (χ3v) is 7.66. The van der Waals surface area contributed by atoms with Gasteiger partial charge in [0.2, 0.25) is 17.7 Å². The van der Waals surface area contributed by atoms with E-state index in [0.717, 1.165) is 24.2 Å². The number of nitrogens with zero attached hydrogens (tertiary/aromatic N) is 3. The highest BCUT2D eigenvalue weighted by Gasteiger charge is 2.37. The topological polar surface area (TPSA) is 98.3 Å². The second kappa shape index (κ2) is 13.1. The number of imide groups is 1. The third-order valence-electron chi connectivity index (χ3n) is 7.66. The molecule has 9 nitrogen and oxygen atoms in total. The van der Waals surface area contributed by atoms with Gasteiger partial charge in [0.1, 0.15) is 17.2 Å². The van der Waals surface area contributed by atoms with Crippen LogP contribution in [0.15, 0.2) is 72.9 Å². The Kier molecular flexibility index (Phi) is 9.05. The van der Waals surface area contributed by atoms with Crippen molar-refractivity contribution in [2.24, 2.45) is 11.3 Å². The van der Waals surface area contributed by atoms with Crippen LogP contribution in [0.5, 0.6) is 23.1 Å². The summed E-state index contributed by atoms with van der Waals surface area (Å²) in [4.78, 5) is 44.7. The lowest BCUT2D eigenvalue weighted by molar-refractivity contribution is -0.152. The lowest BCUT2D eigenvalue weighted by Crippen LogP contribution is -2.46. The summed E-state index contributed by atoms with van der Waals surface area (Å²) in [6, 6.07) is 20.2. The van der Waals surface area contributed by atoms with E-state index in [4.69, 9.17) is 14.2 Å². The minimum absolute atomic E-state index is 0.113. The highest BCUT2D eigenvalue weighted by Crippen LogP contribution is 2.31. The number of amides is 3. The molecule has 0 radical (unpaired) electrons. The Morgan fingerprint density at radius 3 is 2.17 bits per heavy atom. The van der Waals surface area contributed by atoms with E-state index in [1.165, 1.54) is 4.90 Å². The Labute approximate surface area is 246 Å². The maximum atomic E-state index is 12.7. The number of carbonyl (C=O) groups excluding carboxylic acids is 3. The highest BCUT2D eigenvalue weighted by atomic mass is 16.6. The molecule has 0 aliphatic carbocycles. The maximum absolute atomic E-state index is 12.7. The molecule has 220 valence electrons. The van der Waals surface area contributed by atoms with Gasteiger partial charge in [-0.2, -0.15) is 0 Å².